The number of rotatable bonds is 5. The van der Waals surface area contributed by atoms with E-state index in [0.29, 0.717) is 12.6 Å². The van der Waals surface area contributed by atoms with Gasteiger partial charge in [-0.3, -0.25) is 0 Å². The van der Waals surface area contributed by atoms with Crippen molar-refractivity contribution >= 4 is 6.09 Å². The van der Waals surface area contributed by atoms with Gasteiger partial charge >= 0.3 is 6.09 Å². The lowest BCUT2D eigenvalue weighted by atomic mass is 9.80. The average molecular weight is 314 g/mol. The molecule has 128 valence electrons. The number of aliphatic hydroxyl groups is 1. The van der Waals surface area contributed by atoms with Gasteiger partial charge in [-0.25, -0.2) is 4.79 Å². The minimum Gasteiger partial charge on any atom is -0.450 e. The zero-order valence-corrected chi connectivity index (χ0v) is 13.9. The molecule has 0 saturated carbocycles. The van der Waals surface area contributed by atoms with Crippen LogP contribution in [0.15, 0.2) is 0 Å². The molecule has 0 radical (unpaired) electrons. The predicted octanol–water partition coefficient (Wildman–Crippen LogP) is 1.33. The third-order valence-electron chi connectivity index (χ3n) is 5.09. The Morgan fingerprint density at radius 2 is 2.00 bits per heavy atom. The van der Waals surface area contributed by atoms with Gasteiger partial charge in [0.05, 0.1) is 13.2 Å². The summed E-state index contributed by atoms with van der Waals surface area (Å²) >= 11 is 0. The molecule has 1 N–H and O–H groups in total. The second-order valence-electron chi connectivity index (χ2n) is 6.60. The third-order valence-corrected chi connectivity index (χ3v) is 5.09. The Bertz CT molecular complexity index is 350. The fourth-order valence-corrected chi connectivity index (χ4v) is 3.53. The van der Waals surface area contributed by atoms with E-state index >= 15 is 0 Å². The molecule has 2 rings (SSSR count). The minimum absolute atomic E-state index is 0.0225. The highest BCUT2D eigenvalue weighted by molar-refractivity contribution is 5.67. The first-order chi connectivity index (χ1) is 10.6. The van der Waals surface area contributed by atoms with Crippen LogP contribution in [0.1, 0.15) is 32.6 Å². The van der Waals surface area contributed by atoms with Crippen LogP contribution in [-0.2, 0) is 9.47 Å². The standard InChI is InChI=1S/C16H30N2O4/c1-3-22-15(20)18-8-4-14(5-9-18)17(2)12-16(13-19)6-10-21-11-7-16/h14,19H,3-13H2,1-2H3. The number of carbonyl (C=O) groups is 1. The summed E-state index contributed by atoms with van der Waals surface area (Å²) in [5.41, 5.74) is -0.0225. The summed E-state index contributed by atoms with van der Waals surface area (Å²) in [7, 11) is 2.14. The molecule has 0 bridgehead atoms. The molecule has 1 amide bonds. The molecule has 2 fully saturated rings. The molecule has 6 nitrogen and oxygen atoms in total. The maximum Gasteiger partial charge on any atom is 0.409 e. The Balaban J connectivity index is 1.81. The van der Waals surface area contributed by atoms with Gasteiger partial charge in [0.2, 0.25) is 0 Å². The van der Waals surface area contributed by atoms with Crippen molar-refractivity contribution in [1.29, 1.82) is 0 Å². The Kier molecular flexibility index (Phi) is 6.47. The predicted molar refractivity (Wildman–Crippen MR) is 83.8 cm³/mol. The molecule has 0 spiro atoms. The van der Waals surface area contributed by atoms with Crippen LogP contribution in [0.3, 0.4) is 0 Å². The number of hydrogen-bond donors (Lipinski definition) is 1. The number of amides is 1. The Morgan fingerprint density at radius 3 is 2.55 bits per heavy atom. The number of carbonyl (C=O) groups excluding carboxylic acids is 1. The number of ether oxygens (including phenoxy) is 2. The van der Waals surface area contributed by atoms with Crippen molar-refractivity contribution in [2.75, 3.05) is 53.1 Å². The minimum atomic E-state index is -0.195. The Hall–Kier alpha value is -0.850. The second-order valence-corrected chi connectivity index (χ2v) is 6.60. The van der Waals surface area contributed by atoms with E-state index in [0.717, 1.165) is 58.5 Å². The molecule has 2 aliphatic heterocycles. The number of nitrogens with zero attached hydrogens (tertiary/aromatic N) is 2. The van der Waals surface area contributed by atoms with Crippen LogP contribution in [-0.4, -0.2) is 80.2 Å². The molecule has 0 atom stereocenters. The quantitative estimate of drug-likeness (QED) is 0.829. The first kappa shape index (κ1) is 17.5. The topological polar surface area (TPSA) is 62.2 Å². The van der Waals surface area contributed by atoms with Gasteiger partial charge in [-0.2, -0.15) is 0 Å². The summed E-state index contributed by atoms with van der Waals surface area (Å²) in [5, 5.41) is 9.81. The van der Waals surface area contributed by atoms with E-state index < -0.39 is 0 Å². The fraction of sp³-hybridized carbons (Fsp3) is 0.938. The van der Waals surface area contributed by atoms with E-state index in [1.165, 1.54) is 0 Å². The summed E-state index contributed by atoms with van der Waals surface area (Å²) < 4.78 is 10.5. The Labute approximate surface area is 133 Å². The highest BCUT2D eigenvalue weighted by Crippen LogP contribution is 2.32. The fourth-order valence-electron chi connectivity index (χ4n) is 3.53. The van der Waals surface area contributed by atoms with E-state index in [9.17, 15) is 9.90 Å². The van der Waals surface area contributed by atoms with Gasteiger partial charge in [-0.15, -0.1) is 0 Å². The molecule has 0 aromatic carbocycles. The summed E-state index contributed by atoms with van der Waals surface area (Å²) in [6.07, 6.45) is 3.59. The SMILES string of the molecule is CCOC(=O)N1CCC(N(C)CC2(CO)CCOCC2)CC1. The van der Waals surface area contributed by atoms with Crippen LogP contribution in [0.2, 0.25) is 0 Å². The van der Waals surface area contributed by atoms with E-state index in [1.54, 1.807) is 4.90 Å². The number of hydrogen-bond acceptors (Lipinski definition) is 5. The van der Waals surface area contributed by atoms with Gasteiger partial charge in [0.15, 0.2) is 0 Å². The molecular formula is C16H30N2O4. The van der Waals surface area contributed by atoms with E-state index in [2.05, 4.69) is 11.9 Å². The number of piperidine rings is 1. The highest BCUT2D eigenvalue weighted by atomic mass is 16.6. The molecule has 2 saturated heterocycles. The number of likely N-dealkylation sites (tertiary alicyclic amines) is 1. The summed E-state index contributed by atoms with van der Waals surface area (Å²) in [5.74, 6) is 0. The van der Waals surface area contributed by atoms with Gasteiger partial charge in [0.25, 0.3) is 0 Å². The molecule has 2 heterocycles. The smallest absolute Gasteiger partial charge is 0.409 e. The van der Waals surface area contributed by atoms with E-state index in [-0.39, 0.29) is 18.1 Å². The number of aliphatic hydroxyl groups excluding tert-OH is 1. The van der Waals surface area contributed by atoms with Crippen molar-refractivity contribution in [3.05, 3.63) is 0 Å². The summed E-state index contributed by atoms with van der Waals surface area (Å²) in [6, 6.07) is 0.469. The van der Waals surface area contributed by atoms with Gasteiger partial charge in [-0.05, 0) is 39.7 Å². The molecule has 0 aromatic rings. The van der Waals surface area contributed by atoms with Crippen molar-refractivity contribution in [2.45, 2.75) is 38.6 Å². The van der Waals surface area contributed by atoms with Crippen molar-refractivity contribution < 1.29 is 19.4 Å². The summed E-state index contributed by atoms with van der Waals surface area (Å²) in [6.45, 7) is 6.39. The zero-order chi connectivity index (χ0) is 16.0. The lowest BCUT2D eigenvalue weighted by molar-refractivity contribution is -0.0397. The first-order valence-electron chi connectivity index (χ1n) is 8.41. The molecular weight excluding hydrogens is 284 g/mol. The lowest BCUT2D eigenvalue weighted by Crippen LogP contribution is -2.50. The largest absolute Gasteiger partial charge is 0.450 e. The Morgan fingerprint density at radius 1 is 1.36 bits per heavy atom. The third kappa shape index (κ3) is 4.33. The first-order valence-corrected chi connectivity index (χ1v) is 8.41. The maximum absolute atomic E-state index is 11.7. The van der Waals surface area contributed by atoms with Crippen LogP contribution >= 0.6 is 0 Å². The van der Waals surface area contributed by atoms with Crippen LogP contribution < -0.4 is 0 Å². The van der Waals surface area contributed by atoms with Crippen molar-refractivity contribution in [3.63, 3.8) is 0 Å². The van der Waals surface area contributed by atoms with Gasteiger partial charge in [-0.1, -0.05) is 0 Å². The molecule has 6 heteroatoms. The second kappa shape index (κ2) is 8.13. The normalized spacial score (nSPS) is 22.8. The van der Waals surface area contributed by atoms with Crippen LogP contribution in [0.4, 0.5) is 4.79 Å². The molecule has 0 unspecified atom stereocenters. The average Bonchev–Trinajstić information content (AvgIpc) is 2.56. The monoisotopic (exact) mass is 314 g/mol. The molecule has 0 aromatic heterocycles. The summed E-state index contributed by atoms with van der Waals surface area (Å²) in [4.78, 5) is 15.9. The van der Waals surface area contributed by atoms with Crippen LogP contribution in [0, 0.1) is 5.41 Å². The van der Waals surface area contributed by atoms with Crippen molar-refractivity contribution in [3.8, 4) is 0 Å². The lowest BCUT2D eigenvalue weighted by Gasteiger charge is -2.43. The maximum atomic E-state index is 11.7. The van der Waals surface area contributed by atoms with Gasteiger partial charge in [0, 0.05) is 44.3 Å². The van der Waals surface area contributed by atoms with Gasteiger partial charge < -0.3 is 24.4 Å². The van der Waals surface area contributed by atoms with Crippen molar-refractivity contribution in [2.24, 2.45) is 5.41 Å². The van der Waals surface area contributed by atoms with Crippen LogP contribution in [0.25, 0.3) is 0 Å². The van der Waals surface area contributed by atoms with Crippen molar-refractivity contribution in [1.82, 2.24) is 9.80 Å². The van der Waals surface area contributed by atoms with E-state index in [1.807, 2.05) is 6.92 Å². The zero-order valence-electron chi connectivity index (χ0n) is 13.9. The molecule has 2 aliphatic rings. The van der Waals surface area contributed by atoms with Crippen LogP contribution in [0.5, 0.6) is 0 Å². The highest BCUT2D eigenvalue weighted by Gasteiger charge is 2.35. The van der Waals surface area contributed by atoms with Gasteiger partial charge in [0.1, 0.15) is 0 Å². The van der Waals surface area contributed by atoms with E-state index in [4.69, 9.17) is 9.47 Å². The molecule has 0 aliphatic carbocycles. The molecule has 22 heavy (non-hydrogen) atoms.